The van der Waals surface area contributed by atoms with Crippen molar-refractivity contribution in [3.05, 3.63) is 71.0 Å². The van der Waals surface area contributed by atoms with Gasteiger partial charge in [0.1, 0.15) is 11.6 Å². The van der Waals surface area contributed by atoms with Crippen LogP contribution in [-0.2, 0) is 0 Å². The molecule has 0 aromatic heterocycles. The van der Waals surface area contributed by atoms with Crippen LogP contribution in [0.2, 0.25) is 0 Å². The molecule has 0 atom stereocenters. The van der Waals surface area contributed by atoms with Gasteiger partial charge in [0, 0.05) is 5.39 Å². The summed E-state index contributed by atoms with van der Waals surface area (Å²) in [5.41, 5.74) is 0.578. The number of benzene rings is 3. The number of unbranched alkanes of at least 4 members (excludes halogenated alkanes) is 2. The Morgan fingerprint density at radius 2 is 1.44 bits per heavy atom. The summed E-state index contributed by atoms with van der Waals surface area (Å²) in [6.45, 7) is 2.19. The minimum absolute atomic E-state index is 0.0446. The summed E-state index contributed by atoms with van der Waals surface area (Å²) in [6.07, 6.45) is 8.95. The average molecular weight is 447 g/mol. The smallest absolute Gasteiger partial charge is 0.195 e. The van der Waals surface area contributed by atoms with Crippen LogP contribution in [0.4, 0.5) is 22.0 Å². The van der Waals surface area contributed by atoms with Crippen molar-refractivity contribution in [2.75, 3.05) is 0 Å². The van der Waals surface area contributed by atoms with E-state index < -0.39 is 29.1 Å². The summed E-state index contributed by atoms with van der Waals surface area (Å²) >= 11 is 0. The Bertz CT molecular complexity index is 1090. The molecule has 4 rings (SSSR count). The van der Waals surface area contributed by atoms with E-state index in [1.54, 1.807) is 0 Å². The molecule has 1 saturated carbocycles. The summed E-state index contributed by atoms with van der Waals surface area (Å²) < 4.78 is 71.1. The molecule has 0 heterocycles. The second-order valence-corrected chi connectivity index (χ2v) is 9.00. The zero-order valence-corrected chi connectivity index (χ0v) is 18.2. The topological polar surface area (TPSA) is 0 Å². The highest BCUT2D eigenvalue weighted by molar-refractivity contribution is 5.88. The van der Waals surface area contributed by atoms with Crippen LogP contribution in [0.5, 0.6) is 0 Å². The largest absolute Gasteiger partial charge is 0.206 e. The highest BCUT2D eigenvalue weighted by Gasteiger charge is 2.25. The maximum atomic E-state index is 15.0. The first-order chi connectivity index (χ1) is 15.4. The lowest BCUT2D eigenvalue weighted by Crippen LogP contribution is -2.14. The van der Waals surface area contributed by atoms with Crippen LogP contribution >= 0.6 is 0 Å². The van der Waals surface area contributed by atoms with E-state index >= 15 is 8.78 Å². The fourth-order valence-electron chi connectivity index (χ4n) is 5.03. The Morgan fingerprint density at radius 1 is 0.750 bits per heavy atom. The van der Waals surface area contributed by atoms with Gasteiger partial charge in [-0.3, -0.25) is 0 Å². The van der Waals surface area contributed by atoms with Crippen LogP contribution in [0, 0.1) is 35.0 Å². The highest BCUT2D eigenvalue weighted by Crippen LogP contribution is 2.40. The van der Waals surface area contributed by atoms with E-state index in [4.69, 9.17) is 0 Å². The van der Waals surface area contributed by atoms with Gasteiger partial charge in [0.05, 0.1) is 5.56 Å². The summed E-state index contributed by atoms with van der Waals surface area (Å²) in [6, 6.07) is 7.43. The molecule has 1 aliphatic rings. The Labute approximate surface area is 185 Å². The molecule has 0 aliphatic heterocycles. The molecule has 5 heteroatoms. The van der Waals surface area contributed by atoms with Crippen molar-refractivity contribution >= 4 is 10.8 Å². The second-order valence-electron chi connectivity index (χ2n) is 9.00. The molecule has 0 saturated heterocycles. The first kappa shape index (κ1) is 22.8. The van der Waals surface area contributed by atoms with Crippen molar-refractivity contribution in [1.82, 2.24) is 0 Å². The van der Waals surface area contributed by atoms with Gasteiger partial charge in [0.2, 0.25) is 0 Å². The zero-order valence-electron chi connectivity index (χ0n) is 18.2. The van der Waals surface area contributed by atoms with Crippen molar-refractivity contribution in [2.24, 2.45) is 5.92 Å². The SMILES string of the molecule is CCCCC[C@H]1CC[C@H](c2cc(F)c(-c3ccc4c(F)c(F)c(F)cc4c3)c(F)c2)CC1. The molecule has 0 spiro atoms. The molecule has 1 fully saturated rings. The monoisotopic (exact) mass is 446 g/mol. The van der Waals surface area contributed by atoms with E-state index in [9.17, 15) is 13.2 Å². The van der Waals surface area contributed by atoms with Crippen molar-refractivity contribution < 1.29 is 22.0 Å². The van der Waals surface area contributed by atoms with E-state index in [1.165, 1.54) is 56.0 Å². The molecular weight excluding hydrogens is 419 g/mol. The number of hydrogen-bond acceptors (Lipinski definition) is 0. The molecule has 1 aliphatic carbocycles. The van der Waals surface area contributed by atoms with E-state index in [0.717, 1.165) is 31.7 Å². The molecule has 3 aromatic rings. The molecule has 0 radical (unpaired) electrons. The van der Waals surface area contributed by atoms with Gasteiger partial charge in [-0.1, -0.05) is 44.7 Å². The van der Waals surface area contributed by atoms with Crippen LogP contribution in [0.1, 0.15) is 69.8 Å². The summed E-state index contributed by atoms with van der Waals surface area (Å²) in [7, 11) is 0. The van der Waals surface area contributed by atoms with Gasteiger partial charge >= 0.3 is 0 Å². The van der Waals surface area contributed by atoms with Gasteiger partial charge < -0.3 is 0 Å². The summed E-state index contributed by atoms with van der Waals surface area (Å²) in [5, 5.41) is -0.0936. The molecule has 0 N–H and O–H groups in total. The fourth-order valence-corrected chi connectivity index (χ4v) is 5.03. The maximum Gasteiger partial charge on any atom is 0.195 e. The molecular formula is C27H27F5. The lowest BCUT2D eigenvalue weighted by atomic mass is 9.76. The third kappa shape index (κ3) is 4.53. The van der Waals surface area contributed by atoms with E-state index in [2.05, 4.69) is 6.92 Å². The Balaban J connectivity index is 1.57. The van der Waals surface area contributed by atoms with Gasteiger partial charge in [0.25, 0.3) is 0 Å². The number of hydrogen-bond donors (Lipinski definition) is 0. The van der Waals surface area contributed by atoms with Crippen LogP contribution in [-0.4, -0.2) is 0 Å². The molecule has 32 heavy (non-hydrogen) atoms. The third-order valence-corrected chi connectivity index (χ3v) is 6.86. The van der Waals surface area contributed by atoms with Crippen molar-refractivity contribution in [3.63, 3.8) is 0 Å². The molecule has 0 amide bonds. The third-order valence-electron chi connectivity index (χ3n) is 6.86. The van der Waals surface area contributed by atoms with Gasteiger partial charge in [-0.15, -0.1) is 0 Å². The summed E-state index contributed by atoms with van der Waals surface area (Å²) in [4.78, 5) is 0. The predicted molar refractivity (Wildman–Crippen MR) is 118 cm³/mol. The highest BCUT2D eigenvalue weighted by atomic mass is 19.2. The van der Waals surface area contributed by atoms with Crippen molar-refractivity contribution in [3.8, 4) is 11.1 Å². The normalized spacial score (nSPS) is 18.9. The minimum Gasteiger partial charge on any atom is -0.206 e. The molecule has 0 nitrogen and oxygen atoms in total. The number of rotatable bonds is 6. The molecule has 3 aromatic carbocycles. The minimum atomic E-state index is -1.56. The molecule has 0 bridgehead atoms. The van der Waals surface area contributed by atoms with E-state index in [1.807, 2.05) is 0 Å². The van der Waals surface area contributed by atoms with Gasteiger partial charge in [-0.25, -0.2) is 22.0 Å². The van der Waals surface area contributed by atoms with Crippen LogP contribution in [0.3, 0.4) is 0 Å². The Kier molecular flexibility index (Phi) is 6.82. The zero-order chi connectivity index (χ0) is 22.8. The Morgan fingerprint density at radius 3 is 2.09 bits per heavy atom. The maximum absolute atomic E-state index is 15.0. The first-order valence-corrected chi connectivity index (χ1v) is 11.5. The van der Waals surface area contributed by atoms with Crippen LogP contribution < -0.4 is 0 Å². The second kappa shape index (κ2) is 9.60. The van der Waals surface area contributed by atoms with Crippen molar-refractivity contribution in [1.29, 1.82) is 0 Å². The first-order valence-electron chi connectivity index (χ1n) is 11.5. The van der Waals surface area contributed by atoms with E-state index in [-0.39, 0.29) is 27.8 Å². The Hall–Kier alpha value is -2.43. The number of fused-ring (bicyclic) bond motifs is 1. The lowest BCUT2D eigenvalue weighted by Gasteiger charge is -2.29. The van der Waals surface area contributed by atoms with Gasteiger partial charge in [-0.2, -0.15) is 0 Å². The van der Waals surface area contributed by atoms with Gasteiger partial charge in [0.15, 0.2) is 17.5 Å². The van der Waals surface area contributed by atoms with Gasteiger partial charge in [-0.05, 0) is 78.3 Å². The average Bonchev–Trinajstić information content (AvgIpc) is 2.77. The molecule has 0 unspecified atom stereocenters. The standard InChI is InChI=1S/C27H27F5/c1-2-3-4-5-16-6-8-17(9-7-16)19-13-22(28)25(23(29)14-19)18-10-11-21-20(12-18)15-24(30)27(32)26(21)31/h10-17H,2-9H2,1H3/t16-,17-. The quantitative estimate of drug-likeness (QED) is 0.201. The van der Waals surface area contributed by atoms with Crippen LogP contribution in [0.15, 0.2) is 36.4 Å². The lowest BCUT2D eigenvalue weighted by molar-refractivity contribution is 0.302. The fraction of sp³-hybridized carbons (Fsp3) is 0.407. The van der Waals surface area contributed by atoms with E-state index in [0.29, 0.717) is 11.5 Å². The molecule has 170 valence electrons. The predicted octanol–water partition coefficient (Wildman–Crippen LogP) is 9.06. The summed E-state index contributed by atoms with van der Waals surface area (Å²) in [5.74, 6) is -4.78. The number of halogens is 5. The van der Waals surface area contributed by atoms with Crippen LogP contribution in [0.25, 0.3) is 21.9 Å². The van der Waals surface area contributed by atoms with Crippen molar-refractivity contribution in [2.45, 2.75) is 64.2 Å².